The number of nitrogens with one attached hydrogen (secondary N) is 1. The number of halogens is 1. The SMILES string of the molecule is Cc1ccc(C(=O)NCC(C)CCN)cc1F. The molecule has 94 valence electrons. The average molecular weight is 238 g/mol. The van der Waals surface area contributed by atoms with Gasteiger partial charge in [0.2, 0.25) is 0 Å². The summed E-state index contributed by atoms with van der Waals surface area (Å²) in [7, 11) is 0. The normalized spacial score (nSPS) is 12.2. The first-order chi connectivity index (χ1) is 8.04. The molecule has 0 bridgehead atoms. The lowest BCUT2D eigenvalue weighted by molar-refractivity contribution is 0.0947. The van der Waals surface area contributed by atoms with Crippen molar-refractivity contribution in [3.8, 4) is 0 Å². The van der Waals surface area contributed by atoms with Gasteiger partial charge in [-0.1, -0.05) is 13.0 Å². The monoisotopic (exact) mass is 238 g/mol. The van der Waals surface area contributed by atoms with E-state index in [2.05, 4.69) is 5.32 Å². The van der Waals surface area contributed by atoms with E-state index in [0.717, 1.165) is 6.42 Å². The first-order valence-electron chi connectivity index (χ1n) is 5.79. The number of carbonyl (C=O) groups is 1. The van der Waals surface area contributed by atoms with Crippen molar-refractivity contribution in [3.05, 3.63) is 35.1 Å². The van der Waals surface area contributed by atoms with Gasteiger partial charge in [-0.25, -0.2) is 4.39 Å². The minimum absolute atomic E-state index is 0.243. The molecule has 0 aliphatic heterocycles. The minimum Gasteiger partial charge on any atom is -0.352 e. The van der Waals surface area contributed by atoms with Gasteiger partial charge in [0.15, 0.2) is 0 Å². The molecule has 1 aromatic carbocycles. The van der Waals surface area contributed by atoms with Crippen LogP contribution in [0.3, 0.4) is 0 Å². The molecule has 1 amide bonds. The van der Waals surface area contributed by atoms with Crippen LogP contribution in [-0.2, 0) is 0 Å². The number of hydrogen-bond donors (Lipinski definition) is 2. The van der Waals surface area contributed by atoms with Gasteiger partial charge in [-0.05, 0) is 43.5 Å². The zero-order valence-corrected chi connectivity index (χ0v) is 10.3. The van der Waals surface area contributed by atoms with Crippen molar-refractivity contribution in [2.75, 3.05) is 13.1 Å². The second-order valence-corrected chi connectivity index (χ2v) is 4.36. The van der Waals surface area contributed by atoms with Gasteiger partial charge in [-0.15, -0.1) is 0 Å². The first-order valence-corrected chi connectivity index (χ1v) is 5.79. The van der Waals surface area contributed by atoms with Crippen LogP contribution in [0.4, 0.5) is 4.39 Å². The van der Waals surface area contributed by atoms with Crippen molar-refractivity contribution < 1.29 is 9.18 Å². The summed E-state index contributed by atoms with van der Waals surface area (Å²) in [6.45, 7) is 4.85. The molecule has 0 radical (unpaired) electrons. The molecule has 1 rings (SSSR count). The van der Waals surface area contributed by atoms with E-state index in [-0.39, 0.29) is 11.7 Å². The average Bonchev–Trinajstić information content (AvgIpc) is 2.30. The lowest BCUT2D eigenvalue weighted by Crippen LogP contribution is -2.29. The fourth-order valence-corrected chi connectivity index (χ4v) is 1.49. The molecule has 1 aromatic rings. The maximum atomic E-state index is 13.3. The lowest BCUT2D eigenvalue weighted by Gasteiger charge is -2.11. The van der Waals surface area contributed by atoms with Crippen LogP contribution >= 0.6 is 0 Å². The second-order valence-electron chi connectivity index (χ2n) is 4.36. The van der Waals surface area contributed by atoms with Crippen LogP contribution in [0.1, 0.15) is 29.3 Å². The van der Waals surface area contributed by atoms with Gasteiger partial charge in [-0.3, -0.25) is 4.79 Å². The molecule has 3 N–H and O–H groups in total. The van der Waals surface area contributed by atoms with E-state index in [9.17, 15) is 9.18 Å². The largest absolute Gasteiger partial charge is 0.352 e. The zero-order valence-electron chi connectivity index (χ0n) is 10.3. The Balaban J connectivity index is 2.55. The predicted octanol–water partition coefficient (Wildman–Crippen LogP) is 1.85. The Hall–Kier alpha value is -1.42. The summed E-state index contributed by atoms with van der Waals surface area (Å²) >= 11 is 0. The number of rotatable bonds is 5. The van der Waals surface area contributed by atoms with Gasteiger partial charge in [0, 0.05) is 12.1 Å². The molecule has 0 aliphatic carbocycles. The van der Waals surface area contributed by atoms with Crippen LogP contribution in [-0.4, -0.2) is 19.0 Å². The number of carbonyl (C=O) groups excluding carboxylic acids is 1. The second kappa shape index (κ2) is 6.35. The molecule has 4 heteroatoms. The van der Waals surface area contributed by atoms with E-state index in [1.807, 2.05) is 6.92 Å². The van der Waals surface area contributed by atoms with Crippen LogP contribution < -0.4 is 11.1 Å². The Bertz CT molecular complexity index is 393. The smallest absolute Gasteiger partial charge is 0.251 e. The van der Waals surface area contributed by atoms with Gasteiger partial charge in [0.25, 0.3) is 5.91 Å². The Kier molecular flexibility index (Phi) is 5.10. The van der Waals surface area contributed by atoms with Crippen molar-refractivity contribution in [1.29, 1.82) is 0 Å². The molecule has 1 atom stereocenters. The van der Waals surface area contributed by atoms with Crippen LogP contribution in [0.25, 0.3) is 0 Å². The van der Waals surface area contributed by atoms with Crippen LogP contribution in [0, 0.1) is 18.7 Å². The molecule has 0 saturated carbocycles. The van der Waals surface area contributed by atoms with Gasteiger partial charge in [0.1, 0.15) is 5.82 Å². The number of hydrogen-bond acceptors (Lipinski definition) is 2. The zero-order chi connectivity index (χ0) is 12.8. The maximum absolute atomic E-state index is 13.3. The molecule has 0 aliphatic rings. The fraction of sp³-hybridized carbons (Fsp3) is 0.462. The van der Waals surface area contributed by atoms with Crippen LogP contribution in [0.5, 0.6) is 0 Å². The molecule has 3 nitrogen and oxygen atoms in total. The highest BCUT2D eigenvalue weighted by atomic mass is 19.1. The molecule has 1 unspecified atom stereocenters. The topological polar surface area (TPSA) is 55.1 Å². The third-order valence-electron chi connectivity index (χ3n) is 2.70. The Labute approximate surface area is 101 Å². The van der Waals surface area contributed by atoms with Gasteiger partial charge in [-0.2, -0.15) is 0 Å². The highest BCUT2D eigenvalue weighted by Crippen LogP contribution is 2.09. The van der Waals surface area contributed by atoms with E-state index in [1.54, 1.807) is 19.1 Å². The summed E-state index contributed by atoms with van der Waals surface area (Å²) in [5, 5.41) is 2.77. The van der Waals surface area contributed by atoms with Gasteiger partial charge in [0.05, 0.1) is 0 Å². The summed E-state index contributed by atoms with van der Waals surface area (Å²) in [6, 6.07) is 4.49. The van der Waals surface area contributed by atoms with Crippen LogP contribution in [0.2, 0.25) is 0 Å². The summed E-state index contributed by atoms with van der Waals surface area (Å²) < 4.78 is 13.3. The van der Waals surface area contributed by atoms with Crippen molar-refractivity contribution in [2.24, 2.45) is 11.7 Å². The standard InChI is InChI=1S/C13H19FN2O/c1-9(5-6-15)8-16-13(17)11-4-3-10(2)12(14)7-11/h3-4,7,9H,5-6,8,15H2,1-2H3,(H,16,17). The van der Waals surface area contributed by atoms with E-state index in [1.165, 1.54) is 6.07 Å². The van der Waals surface area contributed by atoms with Crippen molar-refractivity contribution in [3.63, 3.8) is 0 Å². The highest BCUT2D eigenvalue weighted by molar-refractivity contribution is 5.94. The number of aryl methyl sites for hydroxylation is 1. The Morgan fingerprint density at radius 1 is 1.53 bits per heavy atom. The fourth-order valence-electron chi connectivity index (χ4n) is 1.49. The highest BCUT2D eigenvalue weighted by Gasteiger charge is 2.09. The third kappa shape index (κ3) is 4.15. The van der Waals surface area contributed by atoms with Crippen molar-refractivity contribution >= 4 is 5.91 Å². The number of benzene rings is 1. The van der Waals surface area contributed by atoms with E-state index in [4.69, 9.17) is 5.73 Å². The molecular formula is C13H19FN2O. The van der Waals surface area contributed by atoms with E-state index >= 15 is 0 Å². The van der Waals surface area contributed by atoms with E-state index < -0.39 is 0 Å². The third-order valence-corrected chi connectivity index (χ3v) is 2.70. The maximum Gasteiger partial charge on any atom is 0.251 e. The Morgan fingerprint density at radius 2 is 2.24 bits per heavy atom. The van der Waals surface area contributed by atoms with Gasteiger partial charge >= 0.3 is 0 Å². The summed E-state index contributed by atoms with van der Waals surface area (Å²) in [4.78, 5) is 11.7. The summed E-state index contributed by atoms with van der Waals surface area (Å²) in [6.07, 6.45) is 0.864. The number of amides is 1. The minimum atomic E-state index is -0.354. The van der Waals surface area contributed by atoms with Crippen LogP contribution in [0.15, 0.2) is 18.2 Å². The summed E-state index contributed by atoms with van der Waals surface area (Å²) in [5.41, 5.74) is 6.32. The van der Waals surface area contributed by atoms with Crippen molar-refractivity contribution in [2.45, 2.75) is 20.3 Å². The molecule has 0 heterocycles. The lowest BCUT2D eigenvalue weighted by atomic mass is 10.1. The predicted molar refractivity (Wildman–Crippen MR) is 66.3 cm³/mol. The Morgan fingerprint density at radius 3 is 2.82 bits per heavy atom. The molecule has 0 saturated heterocycles. The number of nitrogens with two attached hydrogens (primary N) is 1. The first kappa shape index (κ1) is 13.6. The van der Waals surface area contributed by atoms with Crippen molar-refractivity contribution in [1.82, 2.24) is 5.32 Å². The van der Waals surface area contributed by atoms with Gasteiger partial charge < -0.3 is 11.1 Å². The molecule has 0 fully saturated rings. The molecule has 0 aromatic heterocycles. The quantitative estimate of drug-likeness (QED) is 0.822. The van der Waals surface area contributed by atoms with E-state index in [0.29, 0.717) is 30.1 Å². The molecule has 17 heavy (non-hydrogen) atoms. The molecule has 0 spiro atoms. The summed E-state index contributed by atoms with van der Waals surface area (Å²) in [5.74, 6) is -0.264. The molecular weight excluding hydrogens is 219 g/mol.